The molecule has 24 heavy (non-hydrogen) atoms. The summed E-state index contributed by atoms with van der Waals surface area (Å²) in [7, 11) is -3.41. The molecule has 128 valence electrons. The summed E-state index contributed by atoms with van der Waals surface area (Å²) in [5.74, 6) is 0. The highest BCUT2D eigenvalue weighted by atomic mass is 79.9. The predicted octanol–water partition coefficient (Wildman–Crippen LogP) is 5.01. The normalized spacial score (nSPS) is 21.1. The summed E-state index contributed by atoms with van der Waals surface area (Å²) in [5, 5.41) is -0.135. The van der Waals surface area contributed by atoms with Crippen molar-refractivity contribution in [3.8, 4) is 0 Å². The van der Waals surface area contributed by atoms with E-state index < -0.39 is 15.1 Å². The third kappa shape index (κ3) is 4.02. The van der Waals surface area contributed by atoms with E-state index in [0.717, 1.165) is 16.5 Å². The molecule has 2 aromatic rings. The van der Waals surface area contributed by atoms with Crippen LogP contribution >= 0.6 is 27.5 Å². The van der Waals surface area contributed by atoms with Gasteiger partial charge in [0.25, 0.3) is 0 Å². The Hall–Kier alpha value is -0.880. The minimum Gasteiger partial charge on any atom is -0.373 e. The first-order valence-electron chi connectivity index (χ1n) is 7.81. The van der Waals surface area contributed by atoms with Gasteiger partial charge < -0.3 is 4.74 Å². The predicted molar refractivity (Wildman–Crippen MR) is 99.0 cm³/mol. The van der Waals surface area contributed by atoms with Gasteiger partial charge >= 0.3 is 0 Å². The van der Waals surface area contributed by atoms with Crippen LogP contribution in [0.1, 0.15) is 24.8 Å². The van der Waals surface area contributed by atoms with Crippen molar-refractivity contribution >= 4 is 37.4 Å². The third-order valence-corrected chi connectivity index (χ3v) is 7.56. The number of halogens is 2. The summed E-state index contributed by atoms with van der Waals surface area (Å²) < 4.78 is 32.5. The van der Waals surface area contributed by atoms with Gasteiger partial charge in [-0.15, -0.1) is 0 Å². The Bertz CT molecular complexity index is 805. The molecule has 6 heteroatoms. The highest BCUT2D eigenvalue weighted by Crippen LogP contribution is 2.34. The van der Waals surface area contributed by atoms with Crippen LogP contribution in [0.3, 0.4) is 0 Å². The maximum Gasteiger partial charge on any atom is 0.182 e. The van der Waals surface area contributed by atoms with Crippen LogP contribution in [0, 0.1) is 0 Å². The second-order valence-electron chi connectivity index (χ2n) is 5.97. The molecule has 1 aliphatic carbocycles. The van der Waals surface area contributed by atoms with Gasteiger partial charge in [-0.05, 0) is 49.1 Å². The Labute approximate surface area is 156 Å². The van der Waals surface area contributed by atoms with E-state index in [4.69, 9.17) is 16.3 Å². The largest absolute Gasteiger partial charge is 0.373 e. The zero-order valence-corrected chi connectivity index (χ0v) is 16.1. The SMILES string of the molecule is O=S(=O)(c1ccccc1Cl)[C@@H]1CC[C@@H](OCc2ccc(Br)cc2)C1. The van der Waals surface area contributed by atoms with Crippen LogP contribution < -0.4 is 0 Å². The summed E-state index contributed by atoms with van der Waals surface area (Å²) in [4.78, 5) is 0.227. The van der Waals surface area contributed by atoms with Gasteiger partial charge in [0.05, 0.1) is 27.9 Å². The van der Waals surface area contributed by atoms with E-state index in [1.807, 2.05) is 24.3 Å². The number of hydrogen-bond donors (Lipinski definition) is 0. The summed E-state index contributed by atoms with van der Waals surface area (Å²) in [5.41, 5.74) is 1.08. The van der Waals surface area contributed by atoms with Crippen LogP contribution in [-0.4, -0.2) is 19.8 Å². The molecule has 0 aromatic heterocycles. The molecule has 0 bridgehead atoms. The molecule has 2 aromatic carbocycles. The maximum absolute atomic E-state index is 12.8. The molecule has 0 amide bonds. The molecule has 1 aliphatic rings. The highest BCUT2D eigenvalue weighted by Gasteiger charge is 2.36. The molecule has 0 unspecified atom stereocenters. The van der Waals surface area contributed by atoms with Gasteiger partial charge in [0.2, 0.25) is 0 Å². The van der Waals surface area contributed by atoms with E-state index >= 15 is 0 Å². The monoisotopic (exact) mass is 428 g/mol. The molecule has 1 saturated carbocycles. The highest BCUT2D eigenvalue weighted by molar-refractivity contribution is 9.10. The van der Waals surface area contributed by atoms with E-state index in [-0.39, 0.29) is 16.0 Å². The van der Waals surface area contributed by atoms with Crippen molar-refractivity contribution in [1.29, 1.82) is 0 Å². The molecule has 0 saturated heterocycles. The van der Waals surface area contributed by atoms with E-state index in [0.29, 0.717) is 19.4 Å². The third-order valence-electron chi connectivity index (χ3n) is 4.32. The Morgan fingerprint density at radius 1 is 1.08 bits per heavy atom. The average Bonchev–Trinajstić information content (AvgIpc) is 3.04. The van der Waals surface area contributed by atoms with E-state index in [9.17, 15) is 8.42 Å². The molecule has 2 atom stereocenters. The smallest absolute Gasteiger partial charge is 0.182 e. The minimum absolute atomic E-state index is 0.0316. The first-order chi connectivity index (χ1) is 11.5. The van der Waals surface area contributed by atoms with E-state index in [2.05, 4.69) is 15.9 Å². The Balaban J connectivity index is 1.62. The second kappa shape index (κ2) is 7.56. The zero-order chi connectivity index (χ0) is 17.2. The lowest BCUT2D eigenvalue weighted by Crippen LogP contribution is -2.20. The zero-order valence-electron chi connectivity index (χ0n) is 13.0. The van der Waals surface area contributed by atoms with Gasteiger partial charge in [-0.25, -0.2) is 8.42 Å². The molecule has 0 radical (unpaired) electrons. The van der Waals surface area contributed by atoms with Crippen LogP contribution in [0.15, 0.2) is 57.9 Å². The van der Waals surface area contributed by atoms with Gasteiger partial charge in [-0.3, -0.25) is 0 Å². The van der Waals surface area contributed by atoms with Gasteiger partial charge in [0, 0.05) is 4.47 Å². The Morgan fingerprint density at radius 2 is 1.79 bits per heavy atom. The standard InChI is InChI=1S/C18H18BrClO3S/c19-14-7-5-13(6-8-14)12-23-15-9-10-16(11-15)24(21,22)18-4-2-1-3-17(18)20/h1-8,15-16H,9-12H2/t15-,16-/m1/s1. The van der Waals surface area contributed by atoms with Crippen LogP contribution in [0.2, 0.25) is 5.02 Å². The number of benzene rings is 2. The van der Waals surface area contributed by atoms with Crippen LogP contribution in [-0.2, 0) is 21.2 Å². The fourth-order valence-electron chi connectivity index (χ4n) is 2.98. The van der Waals surface area contributed by atoms with Crippen molar-refractivity contribution in [3.05, 3.63) is 63.6 Å². The number of rotatable bonds is 5. The lowest BCUT2D eigenvalue weighted by Gasteiger charge is -2.14. The molecule has 3 nitrogen and oxygen atoms in total. The quantitative estimate of drug-likeness (QED) is 0.670. The van der Waals surface area contributed by atoms with Gasteiger partial charge in [0.1, 0.15) is 0 Å². The lowest BCUT2D eigenvalue weighted by atomic mass is 10.2. The molecular weight excluding hydrogens is 412 g/mol. The summed E-state index contributed by atoms with van der Waals surface area (Å²) in [6, 6.07) is 14.6. The van der Waals surface area contributed by atoms with Gasteiger partial charge in [-0.2, -0.15) is 0 Å². The Kier molecular flexibility index (Phi) is 5.65. The molecule has 0 heterocycles. The fourth-order valence-corrected chi connectivity index (χ4v) is 5.59. The van der Waals surface area contributed by atoms with Crippen molar-refractivity contribution in [3.63, 3.8) is 0 Å². The van der Waals surface area contributed by atoms with E-state index in [1.54, 1.807) is 24.3 Å². The second-order valence-corrected chi connectivity index (χ2v) is 9.49. The molecule has 0 spiro atoms. The van der Waals surface area contributed by atoms with Crippen molar-refractivity contribution in [2.45, 2.75) is 42.1 Å². The summed E-state index contributed by atoms with van der Waals surface area (Å²) >= 11 is 9.47. The van der Waals surface area contributed by atoms with Crippen LogP contribution in [0.4, 0.5) is 0 Å². The minimum atomic E-state index is -3.41. The molecule has 0 N–H and O–H groups in total. The maximum atomic E-state index is 12.8. The lowest BCUT2D eigenvalue weighted by molar-refractivity contribution is 0.0458. The van der Waals surface area contributed by atoms with Crippen molar-refractivity contribution in [2.24, 2.45) is 0 Å². The van der Waals surface area contributed by atoms with Crippen molar-refractivity contribution in [2.75, 3.05) is 0 Å². The summed E-state index contributed by atoms with van der Waals surface area (Å²) in [6.07, 6.45) is 1.85. The Morgan fingerprint density at radius 3 is 2.50 bits per heavy atom. The van der Waals surface area contributed by atoms with Crippen molar-refractivity contribution < 1.29 is 13.2 Å². The topological polar surface area (TPSA) is 43.4 Å². The van der Waals surface area contributed by atoms with Crippen LogP contribution in [0.25, 0.3) is 0 Å². The first kappa shape index (κ1) is 17.9. The fraction of sp³-hybridized carbons (Fsp3) is 0.333. The summed E-state index contributed by atoms with van der Waals surface area (Å²) in [6.45, 7) is 0.497. The molecular formula is C18H18BrClO3S. The first-order valence-corrected chi connectivity index (χ1v) is 10.5. The van der Waals surface area contributed by atoms with Gasteiger partial charge in [-0.1, -0.05) is 51.8 Å². The number of hydrogen-bond acceptors (Lipinski definition) is 3. The van der Waals surface area contributed by atoms with Crippen LogP contribution in [0.5, 0.6) is 0 Å². The van der Waals surface area contributed by atoms with Gasteiger partial charge in [0.15, 0.2) is 9.84 Å². The average molecular weight is 430 g/mol. The number of ether oxygens (including phenoxy) is 1. The number of sulfone groups is 1. The molecule has 3 rings (SSSR count). The molecule has 1 fully saturated rings. The van der Waals surface area contributed by atoms with E-state index in [1.165, 1.54) is 0 Å². The van der Waals surface area contributed by atoms with Crippen molar-refractivity contribution in [1.82, 2.24) is 0 Å². The molecule has 0 aliphatic heterocycles.